The van der Waals surface area contributed by atoms with Crippen LogP contribution in [0.15, 0.2) is 21.9 Å². The van der Waals surface area contributed by atoms with Crippen molar-refractivity contribution in [2.24, 2.45) is 5.73 Å². The number of thiophene rings is 1. The molecule has 0 aliphatic heterocycles. The molecule has 0 saturated carbocycles. The summed E-state index contributed by atoms with van der Waals surface area (Å²) in [5.41, 5.74) is 5.69. The van der Waals surface area contributed by atoms with Crippen LogP contribution in [-0.4, -0.2) is 23.9 Å². The summed E-state index contributed by atoms with van der Waals surface area (Å²) in [6.45, 7) is 4.79. The molecule has 23 heavy (non-hydrogen) atoms. The van der Waals surface area contributed by atoms with E-state index in [1.165, 1.54) is 13.0 Å². The van der Waals surface area contributed by atoms with Gasteiger partial charge in [0.15, 0.2) is 6.10 Å². The van der Waals surface area contributed by atoms with Crippen LogP contribution < -0.4 is 11.1 Å². The van der Waals surface area contributed by atoms with Crippen molar-refractivity contribution in [1.82, 2.24) is 0 Å². The van der Waals surface area contributed by atoms with Crippen molar-refractivity contribution in [2.45, 2.75) is 26.9 Å². The first kappa shape index (κ1) is 16.8. The lowest BCUT2D eigenvalue weighted by Gasteiger charge is -2.13. The van der Waals surface area contributed by atoms with Gasteiger partial charge in [-0.15, -0.1) is 11.3 Å². The van der Waals surface area contributed by atoms with Crippen molar-refractivity contribution in [1.29, 1.82) is 0 Å². The summed E-state index contributed by atoms with van der Waals surface area (Å²) in [6.07, 6.45) is -1.04. The van der Waals surface area contributed by atoms with Crippen LogP contribution >= 0.6 is 11.3 Å². The predicted molar refractivity (Wildman–Crippen MR) is 84.5 cm³/mol. The molecule has 2 aromatic heterocycles. The fraction of sp³-hybridized carbons (Fsp3) is 0.267. The Morgan fingerprint density at radius 3 is 2.57 bits per heavy atom. The third kappa shape index (κ3) is 3.78. The van der Waals surface area contributed by atoms with Gasteiger partial charge in [0.05, 0.1) is 5.56 Å². The van der Waals surface area contributed by atoms with Crippen molar-refractivity contribution < 1.29 is 23.5 Å². The van der Waals surface area contributed by atoms with E-state index in [0.29, 0.717) is 16.5 Å². The van der Waals surface area contributed by atoms with E-state index in [4.69, 9.17) is 14.9 Å². The molecule has 0 aliphatic rings. The Hall–Kier alpha value is -2.61. The van der Waals surface area contributed by atoms with Crippen LogP contribution in [0.2, 0.25) is 0 Å². The van der Waals surface area contributed by atoms with Crippen LogP contribution in [0.4, 0.5) is 5.00 Å². The van der Waals surface area contributed by atoms with Gasteiger partial charge in [0, 0.05) is 0 Å². The third-order valence-corrected chi connectivity index (χ3v) is 3.91. The number of ether oxygens (including phenoxy) is 1. The zero-order valence-electron chi connectivity index (χ0n) is 12.8. The van der Waals surface area contributed by atoms with Gasteiger partial charge in [0.1, 0.15) is 22.1 Å². The molecule has 7 nitrogen and oxygen atoms in total. The number of carbonyl (C=O) groups excluding carboxylic acids is 3. The van der Waals surface area contributed by atoms with Gasteiger partial charge in [0.2, 0.25) is 0 Å². The van der Waals surface area contributed by atoms with E-state index in [2.05, 4.69) is 5.32 Å². The second-order valence-electron chi connectivity index (χ2n) is 4.89. The Kier molecular flexibility index (Phi) is 4.85. The highest BCUT2D eigenvalue weighted by Gasteiger charge is 2.23. The molecule has 2 heterocycles. The minimum Gasteiger partial charge on any atom is -0.466 e. The number of hydrogen-bond donors (Lipinski definition) is 2. The standard InChI is InChI=1S/C15H16N2O5S/c1-7-6-11(8(2)21-7)15(20)22-9(3)13(19)17-14-10(12(16)18)4-5-23-14/h4-6,9H,1-3H3,(H2,16,18)(H,17,19)/t9-/m1/s1. The van der Waals surface area contributed by atoms with Gasteiger partial charge in [0.25, 0.3) is 11.8 Å². The molecule has 2 aromatic rings. The molecule has 2 rings (SSSR count). The number of nitrogens with two attached hydrogens (primary N) is 1. The highest BCUT2D eigenvalue weighted by molar-refractivity contribution is 7.14. The Balaban J connectivity index is 2.02. The van der Waals surface area contributed by atoms with E-state index >= 15 is 0 Å². The first-order chi connectivity index (χ1) is 10.8. The zero-order valence-corrected chi connectivity index (χ0v) is 13.7. The molecule has 1 atom stereocenters. The monoisotopic (exact) mass is 336 g/mol. The summed E-state index contributed by atoms with van der Waals surface area (Å²) < 4.78 is 10.4. The van der Waals surface area contributed by atoms with Crippen molar-refractivity contribution in [3.8, 4) is 0 Å². The number of hydrogen-bond acceptors (Lipinski definition) is 6. The summed E-state index contributed by atoms with van der Waals surface area (Å²) in [4.78, 5) is 35.3. The number of nitrogens with one attached hydrogen (secondary N) is 1. The molecule has 8 heteroatoms. The lowest BCUT2D eigenvalue weighted by Crippen LogP contribution is -2.30. The molecule has 122 valence electrons. The summed E-state index contributed by atoms with van der Waals surface area (Å²) in [6, 6.07) is 3.06. The number of anilines is 1. The Bertz CT molecular complexity index is 762. The maximum Gasteiger partial charge on any atom is 0.342 e. The van der Waals surface area contributed by atoms with E-state index in [1.807, 2.05) is 0 Å². The maximum absolute atomic E-state index is 12.1. The van der Waals surface area contributed by atoms with E-state index < -0.39 is 23.9 Å². The molecule has 2 amide bonds. The van der Waals surface area contributed by atoms with Gasteiger partial charge >= 0.3 is 5.97 Å². The van der Waals surface area contributed by atoms with E-state index in [9.17, 15) is 14.4 Å². The highest BCUT2D eigenvalue weighted by atomic mass is 32.1. The normalized spacial score (nSPS) is 11.8. The molecular weight excluding hydrogens is 320 g/mol. The Labute approximate surface area is 136 Å². The topological polar surface area (TPSA) is 112 Å². The van der Waals surface area contributed by atoms with Gasteiger partial charge in [-0.2, -0.15) is 0 Å². The molecule has 0 spiro atoms. The van der Waals surface area contributed by atoms with Crippen LogP contribution in [-0.2, 0) is 9.53 Å². The first-order valence-electron chi connectivity index (χ1n) is 6.75. The lowest BCUT2D eigenvalue weighted by atomic mass is 10.2. The number of primary amides is 1. The van der Waals surface area contributed by atoms with Gasteiger partial charge in [-0.1, -0.05) is 0 Å². The zero-order chi connectivity index (χ0) is 17.1. The molecule has 0 fully saturated rings. The minimum absolute atomic E-state index is 0.211. The van der Waals surface area contributed by atoms with E-state index in [0.717, 1.165) is 11.3 Å². The van der Waals surface area contributed by atoms with Crippen LogP contribution in [0.25, 0.3) is 0 Å². The smallest absolute Gasteiger partial charge is 0.342 e. The SMILES string of the molecule is Cc1cc(C(=O)O[C@H](C)C(=O)Nc2sccc2C(N)=O)c(C)o1. The summed E-state index contributed by atoms with van der Waals surface area (Å²) in [5.74, 6) is -0.842. The van der Waals surface area contributed by atoms with Gasteiger partial charge in [-0.25, -0.2) is 4.79 Å². The molecule has 0 aromatic carbocycles. The summed E-state index contributed by atoms with van der Waals surface area (Å²) in [5, 5.41) is 4.48. The fourth-order valence-electron chi connectivity index (χ4n) is 1.92. The number of rotatable bonds is 5. The fourth-order valence-corrected chi connectivity index (χ4v) is 2.72. The molecule has 0 saturated heterocycles. The van der Waals surface area contributed by atoms with Crippen LogP contribution in [0.5, 0.6) is 0 Å². The van der Waals surface area contributed by atoms with Crippen molar-refractivity contribution in [2.75, 3.05) is 5.32 Å². The molecule has 0 unspecified atom stereocenters. The second kappa shape index (κ2) is 6.66. The maximum atomic E-state index is 12.1. The average molecular weight is 336 g/mol. The third-order valence-electron chi connectivity index (χ3n) is 3.08. The van der Waals surface area contributed by atoms with Crippen LogP contribution in [0.3, 0.4) is 0 Å². The highest BCUT2D eigenvalue weighted by Crippen LogP contribution is 2.23. The second-order valence-corrected chi connectivity index (χ2v) is 5.81. The van der Waals surface area contributed by atoms with E-state index in [-0.39, 0.29) is 11.1 Å². The Morgan fingerprint density at radius 2 is 2.00 bits per heavy atom. The lowest BCUT2D eigenvalue weighted by molar-refractivity contribution is -0.123. The van der Waals surface area contributed by atoms with Gasteiger partial charge < -0.3 is 20.2 Å². The molecular formula is C15H16N2O5S. The summed E-state index contributed by atoms with van der Waals surface area (Å²) in [7, 11) is 0. The quantitative estimate of drug-likeness (QED) is 0.813. The molecule has 0 aliphatic carbocycles. The van der Waals surface area contributed by atoms with Crippen LogP contribution in [0, 0.1) is 13.8 Å². The van der Waals surface area contributed by atoms with E-state index in [1.54, 1.807) is 25.3 Å². The van der Waals surface area contributed by atoms with Crippen molar-refractivity contribution in [3.63, 3.8) is 0 Å². The number of aryl methyl sites for hydroxylation is 2. The first-order valence-corrected chi connectivity index (χ1v) is 7.63. The van der Waals surface area contributed by atoms with Crippen molar-refractivity contribution >= 4 is 34.1 Å². The number of furan rings is 1. The van der Waals surface area contributed by atoms with Crippen LogP contribution in [0.1, 0.15) is 39.2 Å². The van der Waals surface area contributed by atoms with Crippen molar-refractivity contribution in [3.05, 3.63) is 40.2 Å². The molecule has 3 N–H and O–H groups in total. The average Bonchev–Trinajstić information content (AvgIpc) is 3.04. The largest absolute Gasteiger partial charge is 0.466 e. The number of carbonyl (C=O) groups is 3. The number of amides is 2. The molecule has 0 bridgehead atoms. The number of esters is 1. The summed E-state index contributed by atoms with van der Waals surface area (Å²) >= 11 is 1.16. The predicted octanol–water partition coefficient (Wildman–Crippen LogP) is 2.24. The molecule has 0 radical (unpaired) electrons. The Morgan fingerprint density at radius 1 is 1.30 bits per heavy atom. The minimum atomic E-state index is -1.04. The van der Waals surface area contributed by atoms with Gasteiger partial charge in [-0.05, 0) is 38.3 Å². The van der Waals surface area contributed by atoms with Gasteiger partial charge in [-0.3, -0.25) is 9.59 Å².